The molecule has 0 N–H and O–H groups in total. The molecule has 112 valence electrons. The van der Waals surface area contributed by atoms with Crippen LogP contribution in [0.15, 0.2) is 22.6 Å². The van der Waals surface area contributed by atoms with Gasteiger partial charge in [-0.2, -0.15) is 0 Å². The Kier molecular flexibility index (Phi) is 5.89. The molecule has 0 aromatic heterocycles. The summed E-state index contributed by atoms with van der Waals surface area (Å²) in [6.07, 6.45) is 0.641. The van der Waals surface area contributed by atoms with Crippen molar-refractivity contribution in [2.75, 3.05) is 14.2 Å². The molecule has 0 saturated carbocycles. The summed E-state index contributed by atoms with van der Waals surface area (Å²) in [5.74, 6) is 1.39. The molecule has 1 atom stereocenters. The van der Waals surface area contributed by atoms with Crippen LogP contribution in [0.4, 0.5) is 0 Å². The Morgan fingerprint density at radius 3 is 2.30 bits per heavy atom. The van der Waals surface area contributed by atoms with Gasteiger partial charge < -0.3 is 14.0 Å². The highest BCUT2D eigenvalue weighted by Crippen LogP contribution is 2.28. The van der Waals surface area contributed by atoms with Crippen LogP contribution >= 0.6 is 0 Å². The number of ether oxygens (including phenoxy) is 2. The van der Waals surface area contributed by atoms with Crippen molar-refractivity contribution in [3.8, 4) is 11.5 Å². The summed E-state index contributed by atoms with van der Waals surface area (Å²) in [4.78, 5) is 0. The van der Waals surface area contributed by atoms with Crippen LogP contribution in [0.25, 0.3) is 0 Å². The third-order valence-electron chi connectivity index (χ3n) is 2.67. The van der Waals surface area contributed by atoms with Gasteiger partial charge in [-0.3, -0.25) is 0 Å². The second-order valence-electron chi connectivity index (χ2n) is 5.55. The number of nitrogens with zero attached hydrogens (tertiary/aromatic N) is 1. The molecule has 20 heavy (non-hydrogen) atoms. The highest BCUT2D eigenvalue weighted by atomic mass is 32.2. The fourth-order valence-electron chi connectivity index (χ4n) is 1.60. The van der Waals surface area contributed by atoms with Gasteiger partial charge in [0.2, 0.25) is 0 Å². The molecular formula is C15H23NO3S. The van der Waals surface area contributed by atoms with Crippen LogP contribution in [0.1, 0.15) is 33.3 Å². The first kappa shape index (κ1) is 16.9. The van der Waals surface area contributed by atoms with E-state index >= 15 is 0 Å². The Labute approximate surface area is 124 Å². The van der Waals surface area contributed by atoms with Gasteiger partial charge in [-0.25, -0.2) is 0 Å². The number of methoxy groups -OCH3 is 2. The summed E-state index contributed by atoms with van der Waals surface area (Å²) >= 11 is -1.22. The fourth-order valence-corrected chi connectivity index (χ4v) is 2.22. The van der Waals surface area contributed by atoms with Crippen molar-refractivity contribution < 1.29 is 14.0 Å². The Morgan fingerprint density at radius 2 is 1.80 bits per heavy atom. The van der Waals surface area contributed by atoms with Crippen LogP contribution in [-0.2, 0) is 17.8 Å². The van der Waals surface area contributed by atoms with E-state index in [1.54, 1.807) is 14.2 Å². The Hall–Kier alpha value is -1.20. The van der Waals surface area contributed by atoms with Gasteiger partial charge in [0.25, 0.3) is 0 Å². The largest absolute Gasteiger partial charge is 0.591 e. The molecule has 0 radical (unpaired) electrons. The predicted molar refractivity (Wildman–Crippen MR) is 84.3 cm³/mol. The van der Waals surface area contributed by atoms with Gasteiger partial charge in [-0.15, -0.1) is 0 Å². The zero-order valence-corrected chi connectivity index (χ0v) is 13.8. The quantitative estimate of drug-likeness (QED) is 0.619. The average molecular weight is 297 g/mol. The van der Waals surface area contributed by atoms with Crippen LogP contribution in [0.2, 0.25) is 0 Å². The van der Waals surface area contributed by atoms with E-state index in [9.17, 15) is 4.55 Å². The van der Waals surface area contributed by atoms with E-state index in [0.717, 1.165) is 11.3 Å². The maximum Gasteiger partial charge on any atom is 0.160 e. The number of hydrogen-bond donors (Lipinski definition) is 0. The van der Waals surface area contributed by atoms with Crippen LogP contribution < -0.4 is 9.47 Å². The first-order valence-electron chi connectivity index (χ1n) is 6.45. The van der Waals surface area contributed by atoms with Crippen LogP contribution in [0.5, 0.6) is 11.5 Å². The van der Waals surface area contributed by atoms with Gasteiger partial charge >= 0.3 is 0 Å². The highest BCUT2D eigenvalue weighted by Gasteiger charge is 2.26. The average Bonchev–Trinajstić information content (AvgIpc) is 2.37. The smallest absolute Gasteiger partial charge is 0.160 e. The van der Waals surface area contributed by atoms with Gasteiger partial charge in [-0.05, 0) is 45.4 Å². The monoisotopic (exact) mass is 297 g/mol. The van der Waals surface area contributed by atoms with Crippen LogP contribution in [0, 0.1) is 0 Å². The second kappa shape index (κ2) is 6.99. The summed E-state index contributed by atoms with van der Waals surface area (Å²) in [5.41, 5.74) is 1.89. The molecule has 5 heteroatoms. The minimum atomic E-state index is -1.22. The van der Waals surface area contributed by atoms with Crippen molar-refractivity contribution in [2.24, 2.45) is 4.40 Å². The zero-order valence-electron chi connectivity index (χ0n) is 13.0. The predicted octanol–water partition coefficient (Wildman–Crippen LogP) is 3.17. The fraction of sp³-hybridized carbons (Fsp3) is 0.533. The summed E-state index contributed by atoms with van der Waals surface area (Å²) in [5, 5.41) is 0. The van der Waals surface area contributed by atoms with E-state index in [-0.39, 0.29) is 4.75 Å². The van der Waals surface area contributed by atoms with Crippen molar-refractivity contribution in [3.63, 3.8) is 0 Å². The summed E-state index contributed by atoms with van der Waals surface area (Å²) < 4.78 is 26.4. The Morgan fingerprint density at radius 1 is 1.20 bits per heavy atom. The van der Waals surface area contributed by atoms with E-state index < -0.39 is 11.4 Å². The van der Waals surface area contributed by atoms with Crippen molar-refractivity contribution >= 4 is 17.1 Å². The molecule has 1 unspecified atom stereocenters. The first-order valence-corrected chi connectivity index (χ1v) is 7.55. The SMILES string of the molecule is COc1ccc(CC(C)=N[S+]([O-])C(C)(C)C)cc1OC. The molecule has 1 aromatic rings. The lowest BCUT2D eigenvalue weighted by atomic mass is 10.1. The molecule has 1 aromatic carbocycles. The van der Waals surface area contributed by atoms with Crippen molar-refractivity contribution in [2.45, 2.75) is 38.9 Å². The van der Waals surface area contributed by atoms with Gasteiger partial charge in [0, 0.05) is 6.42 Å². The van der Waals surface area contributed by atoms with E-state index in [0.29, 0.717) is 17.9 Å². The van der Waals surface area contributed by atoms with Crippen molar-refractivity contribution in [3.05, 3.63) is 23.8 Å². The molecule has 0 fully saturated rings. The van der Waals surface area contributed by atoms with E-state index in [4.69, 9.17) is 9.47 Å². The molecule has 1 rings (SSSR count). The van der Waals surface area contributed by atoms with Crippen molar-refractivity contribution in [1.29, 1.82) is 0 Å². The maximum atomic E-state index is 12.0. The normalized spacial score (nSPS) is 14.1. The number of hydrogen-bond acceptors (Lipinski definition) is 4. The molecule has 0 amide bonds. The zero-order chi connectivity index (χ0) is 15.3. The third kappa shape index (κ3) is 4.72. The van der Waals surface area contributed by atoms with E-state index in [1.807, 2.05) is 45.9 Å². The van der Waals surface area contributed by atoms with E-state index in [1.165, 1.54) is 0 Å². The lowest BCUT2D eigenvalue weighted by Gasteiger charge is -2.18. The molecule has 0 aliphatic carbocycles. The summed E-state index contributed by atoms with van der Waals surface area (Å²) in [6, 6.07) is 5.74. The van der Waals surface area contributed by atoms with Gasteiger partial charge in [-0.1, -0.05) is 10.5 Å². The van der Waals surface area contributed by atoms with Gasteiger partial charge in [0.15, 0.2) is 11.5 Å². The van der Waals surface area contributed by atoms with E-state index in [2.05, 4.69) is 4.40 Å². The molecule has 0 bridgehead atoms. The van der Waals surface area contributed by atoms with Gasteiger partial charge in [0.05, 0.1) is 19.9 Å². The summed E-state index contributed by atoms with van der Waals surface area (Å²) in [6.45, 7) is 7.63. The summed E-state index contributed by atoms with van der Waals surface area (Å²) in [7, 11) is 3.22. The molecule has 4 nitrogen and oxygen atoms in total. The molecule has 0 heterocycles. The lowest BCUT2D eigenvalue weighted by Crippen LogP contribution is -2.26. The van der Waals surface area contributed by atoms with Gasteiger partial charge in [0.1, 0.15) is 16.1 Å². The first-order chi connectivity index (χ1) is 9.27. The third-order valence-corrected chi connectivity index (χ3v) is 4.20. The lowest BCUT2D eigenvalue weighted by molar-refractivity contribution is 0.354. The van der Waals surface area contributed by atoms with Crippen LogP contribution in [0.3, 0.4) is 0 Å². The minimum absolute atomic E-state index is 0.334. The molecule has 0 aliphatic rings. The topological polar surface area (TPSA) is 53.9 Å². The van der Waals surface area contributed by atoms with Crippen LogP contribution in [-0.4, -0.2) is 29.2 Å². The minimum Gasteiger partial charge on any atom is -0.591 e. The standard InChI is InChI=1S/C15H23NO3S/c1-11(16-20(17)15(2,3)4)9-12-7-8-13(18-5)14(10-12)19-6/h7-8,10H,9H2,1-6H3. The van der Waals surface area contributed by atoms with Crippen molar-refractivity contribution in [1.82, 2.24) is 0 Å². The number of benzene rings is 1. The Balaban J connectivity index is 2.86. The molecule has 0 saturated heterocycles. The number of rotatable bonds is 5. The highest BCUT2D eigenvalue weighted by molar-refractivity contribution is 7.91. The maximum absolute atomic E-state index is 12.0. The molecule has 0 aliphatic heterocycles. The second-order valence-corrected chi connectivity index (χ2v) is 7.46. The Bertz CT molecular complexity index is 480. The molecular weight excluding hydrogens is 274 g/mol. The molecule has 0 spiro atoms.